The van der Waals surface area contributed by atoms with Gasteiger partial charge in [0, 0.05) is 0 Å². The average Bonchev–Trinajstić information content (AvgIpc) is 2.99. The van der Waals surface area contributed by atoms with Gasteiger partial charge in [0.25, 0.3) is 5.91 Å². The second kappa shape index (κ2) is 7.72. The first-order valence-electron chi connectivity index (χ1n) is 9.89. The van der Waals surface area contributed by atoms with Crippen molar-refractivity contribution in [2.24, 2.45) is 0 Å². The van der Waals surface area contributed by atoms with Gasteiger partial charge in [-0.15, -0.1) is 0 Å². The van der Waals surface area contributed by atoms with Crippen molar-refractivity contribution in [2.75, 3.05) is 33.8 Å². The SMILES string of the molecule is CCOc1cccc([C@H]2c3c(oc4ccccc4c3=O)C(=O)N2CC[NH+](C)C)c1. The van der Waals surface area contributed by atoms with E-state index in [0.29, 0.717) is 35.4 Å². The van der Waals surface area contributed by atoms with E-state index >= 15 is 0 Å². The summed E-state index contributed by atoms with van der Waals surface area (Å²) in [7, 11) is 4.08. The summed E-state index contributed by atoms with van der Waals surface area (Å²) in [6.45, 7) is 3.75. The van der Waals surface area contributed by atoms with Crippen LogP contribution in [0.25, 0.3) is 11.0 Å². The van der Waals surface area contributed by atoms with Crippen LogP contribution in [0.3, 0.4) is 0 Å². The first kappa shape index (κ1) is 19.2. The standard InChI is InChI=1S/C23H24N2O4/c1-4-28-16-9-7-8-15(14-16)20-19-21(26)17-10-5-6-11-18(17)29-22(19)23(27)25(20)13-12-24(2)3/h5-11,14,20H,4,12-13H2,1-3H3/p+1/t20-/m0/s1. The second-order valence-corrected chi connectivity index (χ2v) is 7.53. The number of hydrogen-bond donors (Lipinski definition) is 1. The topological polar surface area (TPSA) is 64.2 Å². The zero-order valence-corrected chi connectivity index (χ0v) is 16.9. The van der Waals surface area contributed by atoms with Crippen molar-refractivity contribution in [3.05, 3.63) is 75.6 Å². The summed E-state index contributed by atoms with van der Waals surface area (Å²) >= 11 is 0. The largest absolute Gasteiger partial charge is 0.494 e. The molecule has 0 spiro atoms. The molecule has 6 nitrogen and oxygen atoms in total. The van der Waals surface area contributed by atoms with Crippen LogP contribution in [-0.4, -0.2) is 44.6 Å². The summed E-state index contributed by atoms with van der Waals surface area (Å²) in [5, 5.41) is 0.491. The van der Waals surface area contributed by atoms with Crippen LogP contribution in [0.15, 0.2) is 57.7 Å². The Balaban J connectivity index is 1.91. The third-order valence-electron chi connectivity index (χ3n) is 5.21. The maximum absolute atomic E-state index is 13.4. The van der Waals surface area contributed by atoms with Gasteiger partial charge in [0.05, 0.1) is 50.8 Å². The number of benzene rings is 2. The molecule has 1 aliphatic heterocycles. The van der Waals surface area contributed by atoms with Crippen molar-refractivity contribution < 1.29 is 18.8 Å². The van der Waals surface area contributed by atoms with Crippen molar-refractivity contribution in [3.63, 3.8) is 0 Å². The maximum atomic E-state index is 13.4. The number of para-hydroxylation sites is 1. The van der Waals surface area contributed by atoms with Crippen LogP contribution in [0.2, 0.25) is 0 Å². The Morgan fingerprint density at radius 2 is 1.90 bits per heavy atom. The van der Waals surface area contributed by atoms with Crippen molar-refractivity contribution in [1.82, 2.24) is 4.90 Å². The lowest BCUT2D eigenvalue weighted by Gasteiger charge is -2.25. The molecule has 0 saturated carbocycles. The quantitative estimate of drug-likeness (QED) is 0.695. The number of fused-ring (bicyclic) bond motifs is 2. The Morgan fingerprint density at radius 3 is 2.66 bits per heavy atom. The summed E-state index contributed by atoms with van der Waals surface area (Å²) < 4.78 is 11.6. The minimum Gasteiger partial charge on any atom is -0.494 e. The van der Waals surface area contributed by atoms with E-state index in [4.69, 9.17) is 9.15 Å². The van der Waals surface area contributed by atoms with E-state index < -0.39 is 6.04 Å². The number of quaternary nitrogens is 1. The molecule has 0 bridgehead atoms. The highest BCUT2D eigenvalue weighted by Gasteiger charge is 2.42. The monoisotopic (exact) mass is 393 g/mol. The van der Waals surface area contributed by atoms with Gasteiger partial charge < -0.3 is 19.0 Å². The number of amides is 1. The molecule has 6 heteroatoms. The fourth-order valence-electron chi connectivity index (χ4n) is 3.83. The van der Waals surface area contributed by atoms with Crippen molar-refractivity contribution >= 4 is 16.9 Å². The van der Waals surface area contributed by atoms with Gasteiger partial charge in [-0.2, -0.15) is 0 Å². The van der Waals surface area contributed by atoms with E-state index in [9.17, 15) is 9.59 Å². The number of nitrogens with zero attached hydrogens (tertiary/aromatic N) is 1. The second-order valence-electron chi connectivity index (χ2n) is 7.53. The number of nitrogens with one attached hydrogen (secondary N) is 1. The van der Waals surface area contributed by atoms with Crippen molar-refractivity contribution in [2.45, 2.75) is 13.0 Å². The Labute approximate surface area is 169 Å². The van der Waals surface area contributed by atoms with Crippen molar-refractivity contribution in [1.29, 1.82) is 0 Å². The van der Waals surface area contributed by atoms with Gasteiger partial charge in [-0.25, -0.2) is 0 Å². The smallest absolute Gasteiger partial charge is 0.291 e. The van der Waals surface area contributed by atoms with Gasteiger partial charge >= 0.3 is 0 Å². The molecule has 3 aromatic rings. The fraction of sp³-hybridized carbons (Fsp3) is 0.304. The van der Waals surface area contributed by atoms with Gasteiger partial charge in [-0.05, 0) is 36.8 Å². The predicted molar refractivity (Wildman–Crippen MR) is 111 cm³/mol. The molecule has 1 N–H and O–H groups in total. The van der Waals surface area contributed by atoms with Crippen LogP contribution in [0, 0.1) is 0 Å². The molecular formula is C23H25N2O4+. The minimum absolute atomic E-state index is 0.147. The van der Waals surface area contributed by atoms with Crippen LogP contribution >= 0.6 is 0 Å². The number of ether oxygens (including phenoxy) is 1. The average molecular weight is 393 g/mol. The molecular weight excluding hydrogens is 368 g/mol. The summed E-state index contributed by atoms with van der Waals surface area (Å²) in [5.41, 5.74) is 1.55. The molecule has 1 atom stereocenters. The van der Waals surface area contributed by atoms with Gasteiger partial charge in [0.2, 0.25) is 5.76 Å². The zero-order valence-electron chi connectivity index (χ0n) is 16.9. The van der Waals surface area contributed by atoms with E-state index in [1.807, 2.05) is 45.3 Å². The minimum atomic E-state index is -0.488. The van der Waals surface area contributed by atoms with Crippen LogP contribution in [0.4, 0.5) is 0 Å². The summed E-state index contributed by atoms with van der Waals surface area (Å²) in [6.07, 6.45) is 0. The highest BCUT2D eigenvalue weighted by molar-refractivity contribution is 5.99. The van der Waals surface area contributed by atoms with Crippen LogP contribution in [-0.2, 0) is 0 Å². The number of carbonyl (C=O) groups is 1. The number of rotatable bonds is 6. The molecule has 1 amide bonds. The van der Waals surface area contributed by atoms with E-state index in [-0.39, 0.29) is 17.1 Å². The molecule has 1 aliphatic rings. The first-order valence-corrected chi connectivity index (χ1v) is 9.89. The lowest BCUT2D eigenvalue weighted by Crippen LogP contribution is -3.06. The molecule has 1 aromatic heterocycles. The molecule has 0 fully saturated rings. The third kappa shape index (κ3) is 3.40. The zero-order chi connectivity index (χ0) is 20.5. The van der Waals surface area contributed by atoms with Crippen LogP contribution in [0.1, 0.15) is 34.6 Å². The summed E-state index contributed by atoms with van der Waals surface area (Å²) in [6, 6.07) is 14.2. The lowest BCUT2D eigenvalue weighted by atomic mass is 9.98. The van der Waals surface area contributed by atoms with E-state index in [1.165, 1.54) is 4.90 Å². The lowest BCUT2D eigenvalue weighted by molar-refractivity contribution is -0.857. The van der Waals surface area contributed by atoms with E-state index in [2.05, 4.69) is 0 Å². The highest BCUT2D eigenvalue weighted by atomic mass is 16.5. The highest BCUT2D eigenvalue weighted by Crippen LogP contribution is 2.38. The molecule has 29 heavy (non-hydrogen) atoms. The first-order chi connectivity index (χ1) is 14.0. The van der Waals surface area contributed by atoms with Gasteiger partial charge in [-0.3, -0.25) is 9.59 Å². The van der Waals surface area contributed by atoms with Gasteiger partial charge in [0.15, 0.2) is 5.43 Å². The van der Waals surface area contributed by atoms with Gasteiger partial charge in [0.1, 0.15) is 11.3 Å². The maximum Gasteiger partial charge on any atom is 0.291 e. The number of hydrogen-bond acceptors (Lipinski definition) is 4. The van der Waals surface area contributed by atoms with Crippen LogP contribution < -0.4 is 15.1 Å². The molecule has 0 aliphatic carbocycles. The predicted octanol–water partition coefficient (Wildman–Crippen LogP) is 1.88. The molecule has 0 unspecified atom stereocenters. The Morgan fingerprint density at radius 1 is 1.10 bits per heavy atom. The summed E-state index contributed by atoms with van der Waals surface area (Å²) in [5.74, 6) is 0.624. The molecule has 0 radical (unpaired) electrons. The normalized spacial score (nSPS) is 15.9. The fourth-order valence-corrected chi connectivity index (χ4v) is 3.83. The Bertz CT molecular complexity index is 1120. The Kier molecular flexibility index (Phi) is 5.11. The Hall–Kier alpha value is -3.12. The molecule has 2 heterocycles. The molecule has 4 rings (SSSR count). The van der Waals surface area contributed by atoms with Crippen molar-refractivity contribution in [3.8, 4) is 5.75 Å². The van der Waals surface area contributed by atoms with Crippen LogP contribution in [0.5, 0.6) is 5.75 Å². The third-order valence-corrected chi connectivity index (χ3v) is 5.21. The number of carbonyl (C=O) groups excluding carboxylic acids is 1. The van der Waals surface area contributed by atoms with E-state index in [0.717, 1.165) is 12.1 Å². The summed E-state index contributed by atoms with van der Waals surface area (Å²) in [4.78, 5) is 29.6. The molecule has 0 saturated heterocycles. The number of likely N-dealkylation sites (N-methyl/N-ethyl adjacent to an activating group) is 1. The van der Waals surface area contributed by atoms with E-state index in [1.54, 1.807) is 29.2 Å². The molecule has 2 aromatic carbocycles. The molecule has 150 valence electrons. The van der Waals surface area contributed by atoms with Gasteiger partial charge in [-0.1, -0.05) is 24.3 Å².